The standard InChI is InChI=1S/C19H14BrCl2N3O4S/c1-19(9-11-2-4-12(20)5-3-11)17(26)24(15-7-13(21)6-14(22)8-15)18-23-10-16(25(18)19)30(27,28)29/h2-8,10H,9H2,1H3,(H,27,28,29). The Balaban J connectivity index is 1.93. The third kappa shape index (κ3) is 3.54. The van der Waals surface area contributed by atoms with Crippen LogP contribution in [0.15, 0.2) is 58.2 Å². The van der Waals surface area contributed by atoms with E-state index < -0.39 is 26.6 Å². The number of hydrogen-bond acceptors (Lipinski definition) is 4. The number of imidazole rings is 1. The molecule has 1 aliphatic heterocycles. The van der Waals surface area contributed by atoms with E-state index in [1.807, 2.05) is 24.3 Å². The number of halogens is 3. The number of nitrogens with zero attached hydrogens (tertiary/aromatic N) is 3. The van der Waals surface area contributed by atoms with Gasteiger partial charge in [0.15, 0.2) is 5.03 Å². The van der Waals surface area contributed by atoms with Crippen molar-refractivity contribution in [1.82, 2.24) is 9.55 Å². The fraction of sp³-hybridized carbons (Fsp3) is 0.158. The van der Waals surface area contributed by atoms with E-state index in [0.29, 0.717) is 15.7 Å². The zero-order valence-electron chi connectivity index (χ0n) is 15.4. The number of carbonyl (C=O) groups is 1. The molecule has 1 aliphatic rings. The van der Waals surface area contributed by atoms with Gasteiger partial charge in [0.2, 0.25) is 5.95 Å². The maximum Gasteiger partial charge on any atom is 0.312 e. The highest BCUT2D eigenvalue weighted by atomic mass is 79.9. The van der Waals surface area contributed by atoms with Gasteiger partial charge in [0.1, 0.15) is 5.54 Å². The SMILES string of the molecule is CC1(Cc2ccc(Br)cc2)C(=O)N(c2cc(Cl)cc(Cl)c2)c2ncc(S(=O)(=O)O)n21. The highest BCUT2D eigenvalue weighted by Crippen LogP contribution is 2.44. The summed E-state index contributed by atoms with van der Waals surface area (Å²) in [7, 11) is -4.64. The zero-order valence-corrected chi connectivity index (χ0v) is 19.3. The normalized spacial score (nSPS) is 18.7. The first-order valence-electron chi connectivity index (χ1n) is 8.61. The van der Waals surface area contributed by atoms with E-state index in [2.05, 4.69) is 20.9 Å². The van der Waals surface area contributed by atoms with Gasteiger partial charge >= 0.3 is 10.1 Å². The van der Waals surface area contributed by atoms with Crippen molar-refractivity contribution in [3.63, 3.8) is 0 Å². The number of benzene rings is 2. The van der Waals surface area contributed by atoms with E-state index in [-0.39, 0.29) is 12.4 Å². The molecule has 3 aromatic rings. The van der Waals surface area contributed by atoms with Gasteiger partial charge in [-0.05, 0) is 42.8 Å². The summed E-state index contributed by atoms with van der Waals surface area (Å²) < 4.78 is 35.9. The van der Waals surface area contributed by atoms with E-state index in [0.717, 1.165) is 16.2 Å². The van der Waals surface area contributed by atoms with Gasteiger partial charge in [0, 0.05) is 20.9 Å². The molecule has 1 aromatic heterocycles. The van der Waals surface area contributed by atoms with Crippen LogP contribution in [0, 0.1) is 0 Å². The van der Waals surface area contributed by atoms with Crippen LogP contribution in [0.4, 0.5) is 11.6 Å². The Bertz CT molecular complexity index is 1260. The number of rotatable bonds is 4. The van der Waals surface area contributed by atoms with E-state index in [1.54, 1.807) is 6.92 Å². The Morgan fingerprint density at radius 2 is 1.73 bits per heavy atom. The van der Waals surface area contributed by atoms with Crippen LogP contribution < -0.4 is 4.90 Å². The average Bonchev–Trinajstić information content (AvgIpc) is 3.16. The highest BCUT2D eigenvalue weighted by molar-refractivity contribution is 9.10. The summed E-state index contributed by atoms with van der Waals surface area (Å²) in [5, 5.41) is 0.140. The van der Waals surface area contributed by atoms with Crippen molar-refractivity contribution in [2.75, 3.05) is 4.90 Å². The van der Waals surface area contributed by atoms with E-state index in [1.165, 1.54) is 27.7 Å². The van der Waals surface area contributed by atoms with Crippen LogP contribution in [0.2, 0.25) is 10.0 Å². The molecule has 1 N–H and O–H groups in total. The number of fused-ring (bicyclic) bond motifs is 1. The summed E-state index contributed by atoms with van der Waals surface area (Å²) in [6.45, 7) is 1.60. The lowest BCUT2D eigenvalue weighted by atomic mass is 9.92. The predicted octanol–water partition coefficient (Wildman–Crippen LogP) is 4.84. The van der Waals surface area contributed by atoms with Crippen molar-refractivity contribution in [1.29, 1.82) is 0 Å². The molecule has 1 amide bonds. The fourth-order valence-electron chi connectivity index (χ4n) is 3.61. The maximum atomic E-state index is 13.6. The van der Waals surface area contributed by atoms with Gasteiger partial charge in [-0.2, -0.15) is 8.42 Å². The molecule has 0 bridgehead atoms. The Morgan fingerprint density at radius 3 is 2.30 bits per heavy atom. The Morgan fingerprint density at radius 1 is 1.13 bits per heavy atom. The lowest BCUT2D eigenvalue weighted by Gasteiger charge is -2.26. The zero-order chi connectivity index (χ0) is 21.8. The third-order valence-corrected chi connectivity index (χ3v) is 6.68. The molecular formula is C19H14BrCl2N3O4S. The number of anilines is 2. The van der Waals surface area contributed by atoms with Crippen LogP contribution in [-0.2, 0) is 26.9 Å². The topological polar surface area (TPSA) is 92.5 Å². The molecule has 2 heterocycles. The largest absolute Gasteiger partial charge is 0.312 e. The summed E-state index contributed by atoms with van der Waals surface area (Å²) in [4.78, 5) is 19.0. The van der Waals surface area contributed by atoms with Crippen molar-refractivity contribution in [2.45, 2.75) is 23.9 Å². The minimum absolute atomic E-state index is 0.0468. The number of hydrogen-bond donors (Lipinski definition) is 1. The second kappa shape index (κ2) is 7.35. The van der Waals surface area contributed by atoms with Gasteiger partial charge < -0.3 is 0 Å². The molecule has 4 rings (SSSR count). The fourth-order valence-corrected chi connectivity index (χ4v) is 5.09. The molecule has 156 valence electrons. The molecule has 0 radical (unpaired) electrons. The number of aromatic nitrogens is 2. The molecule has 1 atom stereocenters. The van der Waals surface area contributed by atoms with Crippen LogP contribution >= 0.6 is 39.1 Å². The van der Waals surface area contributed by atoms with Gasteiger partial charge in [-0.3, -0.25) is 13.9 Å². The smallest absolute Gasteiger partial charge is 0.283 e. The first-order valence-corrected chi connectivity index (χ1v) is 11.6. The summed E-state index contributed by atoms with van der Waals surface area (Å²) in [6.07, 6.45) is 1.19. The summed E-state index contributed by atoms with van der Waals surface area (Å²) >= 11 is 15.6. The molecule has 0 spiro atoms. The van der Waals surface area contributed by atoms with Crippen LogP contribution in [0.1, 0.15) is 12.5 Å². The van der Waals surface area contributed by atoms with E-state index in [4.69, 9.17) is 23.2 Å². The molecule has 0 saturated heterocycles. The quantitative estimate of drug-likeness (QED) is 0.487. The number of carbonyl (C=O) groups excluding carboxylic acids is 1. The molecular weight excluding hydrogens is 517 g/mol. The van der Waals surface area contributed by atoms with Gasteiger partial charge in [-0.15, -0.1) is 0 Å². The molecule has 0 fully saturated rings. The first-order chi connectivity index (χ1) is 14.0. The second-order valence-electron chi connectivity index (χ2n) is 7.05. The summed E-state index contributed by atoms with van der Waals surface area (Å²) in [6, 6.07) is 11.9. The Kier molecular flexibility index (Phi) is 5.22. The minimum Gasteiger partial charge on any atom is -0.283 e. The monoisotopic (exact) mass is 529 g/mol. The summed E-state index contributed by atoms with van der Waals surface area (Å²) in [5.41, 5.74) is -0.244. The molecule has 11 heteroatoms. The molecule has 0 aliphatic carbocycles. The van der Waals surface area contributed by atoms with E-state index in [9.17, 15) is 17.8 Å². The van der Waals surface area contributed by atoms with Crippen LogP contribution in [0.3, 0.4) is 0 Å². The van der Waals surface area contributed by atoms with Gasteiger partial charge in [0.05, 0.1) is 11.9 Å². The maximum absolute atomic E-state index is 13.6. The van der Waals surface area contributed by atoms with Crippen molar-refractivity contribution in [2.24, 2.45) is 0 Å². The Hall–Kier alpha value is -1.91. The predicted molar refractivity (Wildman–Crippen MR) is 117 cm³/mol. The van der Waals surface area contributed by atoms with Crippen LogP contribution in [0.5, 0.6) is 0 Å². The highest BCUT2D eigenvalue weighted by Gasteiger charge is 2.51. The molecule has 2 aromatic carbocycles. The third-order valence-electron chi connectivity index (χ3n) is 4.90. The summed E-state index contributed by atoms with van der Waals surface area (Å²) in [5.74, 6) is -0.387. The van der Waals surface area contributed by atoms with Crippen molar-refractivity contribution >= 4 is 66.8 Å². The van der Waals surface area contributed by atoms with Gasteiger partial charge in [-0.25, -0.2) is 9.88 Å². The van der Waals surface area contributed by atoms with Gasteiger partial charge in [0.25, 0.3) is 5.91 Å². The molecule has 30 heavy (non-hydrogen) atoms. The Labute approximate surface area is 191 Å². The second-order valence-corrected chi connectivity index (χ2v) is 10.2. The number of amides is 1. The lowest BCUT2D eigenvalue weighted by molar-refractivity contribution is -0.124. The van der Waals surface area contributed by atoms with Crippen molar-refractivity contribution < 1.29 is 17.8 Å². The van der Waals surface area contributed by atoms with Crippen molar-refractivity contribution in [3.05, 3.63) is 68.7 Å². The molecule has 7 nitrogen and oxygen atoms in total. The lowest BCUT2D eigenvalue weighted by Crippen LogP contribution is -2.41. The van der Waals surface area contributed by atoms with Crippen LogP contribution in [0.25, 0.3) is 0 Å². The van der Waals surface area contributed by atoms with Crippen LogP contribution in [-0.4, -0.2) is 28.4 Å². The van der Waals surface area contributed by atoms with Gasteiger partial charge in [-0.1, -0.05) is 51.3 Å². The average molecular weight is 531 g/mol. The van der Waals surface area contributed by atoms with E-state index >= 15 is 0 Å². The molecule has 0 saturated carbocycles. The molecule has 1 unspecified atom stereocenters. The van der Waals surface area contributed by atoms with Crippen molar-refractivity contribution in [3.8, 4) is 0 Å². The minimum atomic E-state index is -4.64. The first kappa shape index (κ1) is 21.3.